The lowest BCUT2D eigenvalue weighted by Gasteiger charge is -2.24. The zero-order valence-corrected chi connectivity index (χ0v) is 14.6. The predicted octanol–water partition coefficient (Wildman–Crippen LogP) is 2.72. The van der Waals surface area contributed by atoms with Crippen molar-refractivity contribution in [3.05, 3.63) is 51.7 Å². The standard InChI is InChI=1S/C17H22FN3OS/c1-13-19-16(12-23-13)10-17(22)21(9-8-20(2)3)11-14-4-6-15(18)7-5-14/h4-7,12H,8-11H2,1-3H3. The van der Waals surface area contributed by atoms with Gasteiger partial charge in [0.25, 0.3) is 0 Å². The Kier molecular flexibility index (Phi) is 6.24. The minimum atomic E-state index is -0.266. The number of hydrogen-bond acceptors (Lipinski definition) is 4. The van der Waals surface area contributed by atoms with E-state index in [4.69, 9.17) is 0 Å². The molecule has 2 aromatic rings. The van der Waals surface area contributed by atoms with Crippen molar-refractivity contribution in [3.63, 3.8) is 0 Å². The van der Waals surface area contributed by atoms with Gasteiger partial charge >= 0.3 is 0 Å². The van der Waals surface area contributed by atoms with Gasteiger partial charge in [-0.25, -0.2) is 9.37 Å². The SMILES string of the molecule is Cc1nc(CC(=O)N(CCN(C)C)Cc2ccc(F)cc2)cs1. The van der Waals surface area contributed by atoms with Crippen LogP contribution in [0.3, 0.4) is 0 Å². The molecule has 1 amide bonds. The number of thiazole rings is 1. The molecule has 0 aliphatic carbocycles. The van der Waals surface area contributed by atoms with Gasteiger partial charge in [0.15, 0.2) is 0 Å². The maximum atomic E-state index is 13.0. The Labute approximate surface area is 140 Å². The van der Waals surface area contributed by atoms with Gasteiger partial charge in [0.05, 0.1) is 17.1 Å². The van der Waals surface area contributed by atoms with Crippen LogP contribution in [0, 0.1) is 12.7 Å². The van der Waals surface area contributed by atoms with Crippen LogP contribution in [0.15, 0.2) is 29.6 Å². The van der Waals surface area contributed by atoms with Crippen molar-refractivity contribution in [2.75, 3.05) is 27.2 Å². The molecule has 0 N–H and O–H groups in total. The molecule has 0 radical (unpaired) electrons. The molecule has 1 aromatic carbocycles. The normalized spacial score (nSPS) is 11.0. The Hall–Kier alpha value is -1.79. The van der Waals surface area contributed by atoms with E-state index in [1.54, 1.807) is 23.5 Å². The van der Waals surface area contributed by atoms with Crippen molar-refractivity contribution in [1.82, 2.24) is 14.8 Å². The Morgan fingerprint density at radius 3 is 2.48 bits per heavy atom. The van der Waals surface area contributed by atoms with Crippen LogP contribution in [0.5, 0.6) is 0 Å². The topological polar surface area (TPSA) is 36.4 Å². The molecule has 0 bridgehead atoms. The van der Waals surface area contributed by atoms with Crippen molar-refractivity contribution >= 4 is 17.2 Å². The van der Waals surface area contributed by atoms with Crippen LogP contribution in [0.4, 0.5) is 4.39 Å². The van der Waals surface area contributed by atoms with Crippen LogP contribution in [0.1, 0.15) is 16.3 Å². The number of hydrogen-bond donors (Lipinski definition) is 0. The highest BCUT2D eigenvalue weighted by Gasteiger charge is 2.16. The number of aromatic nitrogens is 1. The van der Waals surface area contributed by atoms with Crippen LogP contribution in [0.25, 0.3) is 0 Å². The molecule has 23 heavy (non-hydrogen) atoms. The Morgan fingerprint density at radius 2 is 1.91 bits per heavy atom. The van der Waals surface area contributed by atoms with Gasteiger partial charge < -0.3 is 9.80 Å². The minimum absolute atomic E-state index is 0.0430. The molecule has 0 aliphatic rings. The maximum Gasteiger partial charge on any atom is 0.228 e. The third-order valence-electron chi connectivity index (χ3n) is 3.46. The lowest BCUT2D eigenvalue weighted by atomic mass is 10.2. The molecule has 1 aromatic heterocycles. The fraction of sp³-hybridized carbons (Fsp3) is 0.412. The predicted molar refractivity (Wildman–Crippen MR) is 90.9 cm³/mol. The number of halogens is 1. The fourth-order valence-corrected chi connectivity index (χ4v) is 2.79. The van der Waals surface area contributed by atoms with Crippen molar-refractivity contribution < 1.29 is 9.18 Å². The van der Waals surface area contributed by atoms with Crippen LogP contribution in [0.2, 0.25) is 0 Å². The Balaban J connectivity index is 2.05. The Bertz CT molecular complexity index is 640. The van der Waals surface area contributed by atoms with Crippen LogP contribution < -0.4 is 0 Å². The van der Waals surface area contributed by atoms with Gasteiger partial charge in [-0.15, -0.1) is 11.3 Å². The molecule has 124 valence electrons. The van der Waals surface area contributed by atoms with E-state index in [2.05, 4.69) is 4.98 Å². The van der Waals surface area contributed by atoms with E-state index in [-0.39, 0.29) is 11.7 Å². The summed E-state index contributed by atoms with van der Waals surface area (Å²) in [4.78, 5) is 20.8. The summed E-state index contributed by atoms with van der Waals surface area (Å²) >= 11 is 1.55. The number of amides is 1. The van der Waals surface area contributed by atoms with Crippen molar-refractivity contribution in [3.8, 4) is 0 Å². The van der Waals surface area contributed by atoms with Gasteiger partial charge in [0.1, 0.15) is 5.82 Å². The summed E-state index contributed by atoms with van der Waals surface area (Å²) in [5, 5.41) is 2.89. The highest BCUT2D eigenvalue weighted by molar-refractivity contribution is 7.09. The summed E-state index contributed by atoms with van der Waals surface area (Å²) < 4.78 is 13.0. The van der Waals surface area contributed by atoms with E-state index in [1.165, 1.54) is 12.1 Å². The largest absolute Gasteiger partial charge is 0.337 e. The second kappa shape index (κ2) is 8.17. The third kappa shape index (κ3) is 5.73. The first-order chi connectivity index (χ1) is 10.9. The minimum Gasteiger partial charge on any atom is -0.337 e. The first kappa shape index (κ1) is 17.6. The maximum absolute atomic E-state index is 13.0. The van der Waals surface area contributed by atoms with Gasteiger partial charge in [-0.2, -0.15) is 0 Å². The second-order valence-corrected chi connectivity index (χ2v) is 6.84. The second-order valence-electron chi connectivity index (χ2n) is 5.78. The lowest BCUT2D eigenvalue weighted by Crippen LogP contribution is -2.37. The molecule has 4 nitrogen and oxygen atoms in total. The molecule has 0 atom stereocenters. The van der Waals surface area contributed by atoms with E-state index in [9.17, 15) is 9.18 Å². The Morgan fingerprint density at radius 1 is 1.22 bits per heavy atom. The van der Waals surface area contributed by atoms with Crippen LogP contribution in [-0.2, 0) is 17.8 Å². The highest BCUT2D eigenvalue weighted by atomic mass is 32.1. The smallest absolute Gasteiger partial charge is 0.228 e. The van der Waals surface area contributed by atoms with Gasteiger partial charge in [0, 0.05) is 25.0 Å². The zero-order valence-electron chi connectivity index (χ0n) is 13.8. The van der Waals surface area contributed by atoms with E-state index in [0.717, 1.165) is 22.8 Å². The molecule has 6 heteroatoms. The van der Waals surface area contributed by atoms with Gasteiger partial charge in [-0.05, 0) is 38.7 Å². The number of rotatable bonds is 7. The first-order valence-electron chi connectivity index (χ1n) is 7.52. The molecule has 0 aliphatic heterocycles. The van der Waals surface area contributed by atoms with Crippen LogP contribution >= 0.6 is 11.3 Å². The number of carbonyl (C=O) groups excluding carboxylic acids is 1. The fourth-order valence-electron chi connectivity index (χ4n) is 2.18. The molecule has 0 fully saturated rings. The molecule has 1 heterocycles. The molecule has 0 saturated heterocycles. The summed E-state index contributed by atoms with van der Waals surface area (Å²) in [6.45, 7) is 3.83. The molecular formula is C17H22FN3OS. The average Bonchev–Trinajstić information content (AvgIpc) is 2.90. The summed E-state index contributed by atoms with van der Waals surface area (Å²) in [5.74, 6) is -0.223. The molecule has 0 saturated carbocycles. The zero-order chi connectivity index (χ0) is 16.8. The van der Waals surface area contributed by atoms with Gasteiger partial charge in [0.2, 0.25) is 5.91 Å². The van der Waals surface area contributed by atoms with Gasteiger partial charge in [-0.1, -0.05) is 12.1 Å². The lowest BCUT2D eigenvalue weighted by molar-refractivity contribution is -0.131. The molecule has 0 spiro atoms. The average molecular weight is 335 g/mol. The molecule has 2 rings (SSSR count). The number of benzene rings is 1. The quantitative estimate of drug-likeness (QED) is 0.781. The van der Waals surface area contributed by atoms with Crippen molar-refractivity contribution in [1.29, 1.82) is 0 Å². The summed E-state index contributed by atoms with van der Waals surface area (Å²) in [6, 6.07) is 6.29. The van der Waals surface area contributed by atoms with Crippen molar-refractivity contribution in [2.24, 2.45) is 0 Å². The van der Waals surface area contributed by atoms with Gasteiger partial charge in [-0.3, -0.25) is 4.79 Å². The number of carbonyl (C=O) groups is 1. The molecule has 0 unspecified atom stereocenters. The highest BCUT2D eigenvalue weighted by Crippen LogP contribution is 2.12. The summed E-state index contributed by atoms with van der Waals surface area (Å²) in [6.07, 6.45) is 0.305. The number of nitrogens with zero attached hydrogens (tertiary/aromatic N) is 3. The van der Waals surface area contributed by atoms with Crippen molar-refractivity contribution in [2.45, 2.75) is 19.9 Å². The van der Waals surface area contributed by atoms with E-state index >= 15 is 0 Å². The number of aryl methyl sites for hydroxylation is 1. The van der Waals surface area contributed by atoms with E-state index in [1.807, 2.05) is 36.2 Å². The first-order valence-corrected chi connectivity index (χ1v) is 8.40. The summed E-state index contributed by atoms with van der Waals surface area (Å²) in [5.41, 5.74) is 1.74. The van der Waals surface area contributed by atoms with E-state index < -0.39 is 0 Å². The third-order valence-corrected chi connectivity index (χ3v) is 4.28. The monoisotopic (exact) mass is 335 g/mol. The number of likely N-dealkylation sites (N-methyl/N-ethyl adjacent to an activating group) is 1. The van der Waals surface area contributed by atoms with E-state index in [0.29, 0.717) is 19.5 Å². The van der Waals surface area contributed by atoms with Crippen LogP contribution in [-0.4, -0.2) is 47.9 Å². The summed E-state index contributed by atoms with van der Waals surface area (Å²) in [7, 11) is 3.95. The molecular weight excluding hydrogens is 313 g/mol.